The molecular formula is C18H15Cl2F3N2O2. The number of rotatable bonds is 6. The third-order valence-corrected chi connectivity index (χ3v) is 3.68. The minimum atomic E-state index is -4.44. The molecule has 1 aromatic carbocycles. The molecule has 0 saturated heterocycles. The number of hydrogen-bond acceptors (Lipinski definition) is 4. The predicted octanol–water partition coefficient (Wildman–Crippen LogP) is 5.79. The molecule has 0 radical (unpaired) electrons. The zero-order chi connectivity index (χ0) is 19.9. The van der Waals surface area contributed by atoms with Gasteiger partial charge in [0.1, 0.15) is 29.1 Å². The lowest BCUT2D eigenvalue weighted by atomic mass is 10.0. The third kappa shape index (κ3) is 6.77. The summed E-state index contributed by atoms with van der Waals surface area (Å²) in [5.41, 5.74) is 1.02. The molecule has 144 valence electrons. The molecule has 0 aliphatic heterocycles. The van der Waals surface area contributed by atoms with Crippen molar-refractivity contribution in [2.75, 3.05) is 6.61 Å². The molecule has 0 atom stereocenters. The number of benzene rings is 1. The Morgan fingerprint density at radius 2 is 1.85 bits per heavy atom. The Labute approximate surface area is 164 Å². The van der Waals surface area contributed by atoms with E-state index in [1.54, 1.807) is 25.2 Å². The molecule has 1 aliphatic carbocycles. The van der Waals surface area contributed by atoms with Gasteiger partial charge in [-0.15, -0.1) is 0 Å². The van der Waals surface area contributed by atoms with Crippen molar-refractivity contribution in [1.82, 2.24) is 0 Å². The van der Waals surface area contributed by atoms with E-state index in [1.165, 1.54) is 24.3 Å². The maximum absolute atomic E-state index is 12.9. The molecule has 0 heterocycles. The Kier molecular flexibility index (Phi) is 7.50. The molecule has 0 spiro atoms. The van der Waals surface area contributed by atoms with Crippen LogP contribution >= 0.6 is 23.2 Å². The number of allylic oxidation sites excluding steroid dienone is 4. The summed E-state index contributed by atoms with van der Waals surface area (Å²) >= 11 is 10.9. The molecule has 0 aromatic heterocycles. The zero-order valence-electron chi connectivity index (χ0n) is 14.1. The molecule has 1 aromatic rings. The van der Waals surface area contributed by atoms with Gasteiger partial charge in [-0.3, -0.25) is 0 Å². The summed E-state index contributed by atoms with van der Waals surface area (Å²) in [5, 5.41) is 7.77. The van der Waals surface area contributed by atoms with Crippen LogP contribution in [-0.4, -0.2) is 18.0 Å². The van der Waals surface area contributed by atoms with Gasteiger partial charge in [0.2, 0.25) is 0 Å². The van der Waals surface area contributed by atoms with Gasteiger partial charge in [-0.1, -0.05) is 51.7 Å². The van der Waals surface area contributed by atoms with Gasteiger partial charge in [-0.05, 0) is 42.9 Å². The van der Waals surface area contributed by atoms with Crippen LogP contribution in [0.5, 0.6) is 0 Å². The second-order valence-corrected chi connectivity index (χ2v) is 6.38. The Morgan fingerprint density at radius 3 is 2.52 bits per heavy atom. The van der Waals surface area contributed by atoms with Crippen molar-refractivity contribution in [2.45, 2.75) is 19.7 Å². The van der Waals surface area contributed by atoms with E-state index in [0.29, 0.717) is 11.4 Å². The first-order valence-electron chi connectivity index (χ1n) is 7.70. The van der Waals surface area contributed by atoms with E-state index >= 15 is 0 Å². The number of oxime groups is 2. The molecule has 2 rings (SSSR count). The van der Waals surface area contributed by atoms with Crippen LogP contribution in [0.25, 0.3) is 0 Å². The van der Waals surface area contributed by atoms with Crippen LogP contribution < -0.4 is 0 Å². The average Bonchev–Trinajstić information content (AvgIpc) is 2.59. The van der Waals surface area contributed by atoms with E-state index in [4.69, 9.17) is 32.9 Å². The molecule has 0 saturated carbocycles. The fourth-order valence-electron chi connectivity index (χ4n) is 2.10. The van der Waals surface area contributed by atoms with Crippen LogP contribution in [0.4, 0.5) is 13.2 Å². The highest BCUT2D eigenvalue weighted by Crippen LogP contribution is 2.32. The van der Waals surface area contributed by atoms with Crippen molar-refractivity contribution in [1.29, 1.82) is 0 Å². The van der Waals surface area contributed by atoms with E-state index in [9.17, 15) is 13.2 Å². The number of nitrogens with zero attached hydrogens (tertiary/aromatic N) is 2. The Morgan fingerprint density at radius 1 is 1.11 bits per heavy atom. The van der Waals surface area contributed by atoms with Crippen molar-refractivity contribution in [3.05, 3.63) is 69.8 Å². The molecule has 0 fully saturated rings. The largest absolute Gasteiger partial charge is 0.416 e. The minimum Gasteiger partial charge on any atom is -0.391 e. The molecule has 4 nitrogen and oxygen atoms in total. The number of halogens is 5. The molecule has 9 heteroatoms. The fourth-order valence-corrected chi connectivity index (χ4v) is 2.23. The topological polar surface area (TPSA) is 43.2 Å². The van der Waals surface area contributed by atoms with Crippen LogP contribution in [0, 0.1) is 0 Å². The van der Waals surface area contributed by atoms with E-state index in [-0.39, 0.29) is 23.3 Å². The van der Waals surface area contributed by atoms with E-state index in [2.05, 4.69) is 10.3 Å². The summed E-state index contributed by atoms with van der Waals surface area (Å²) in [6.07, 6.45) is 1.92. The normalized spacial score (nSPS) is 17.0. The van der Waals surface area contributed by atoms with Crippen molar-refractivity contribution >= 4 is 34.6 Å². The Bertz CT molecular complexity index is 824. The van der Waals surface area contributed by atoms with Crippen LogP contribution in [0.15, 0.2) is 68.9 Å². The quantitative estimate of drug-likeness (QED) is 0.333. The number of hydrogen-bond donors (Lipinski definition) is 0. The summed E-state index contributed by atoms with van der Waals surface area (Å²) in [7, 11) is 0. The SMILES string of the molecule is CC1=CC(=N/OCc2ccccc2C(F)(F)F)/C=CC/1=N/OCC=C(Cl)Cl. The van der Waals surface area contributed by atoms with Gasteiger partial charge in [-0.2, -0.15) is 13.2 Å². The highest BCUT2D eigenvalue weighted by atomic mass is 35.5. The summed E-state index contributed by atoms with van der Waals surface area (Å²) in [5.74, 6) is 0. The lowest BCUT2D eigenvalue weighted by Gasteiger charge is -2.12. The first kappa shape index (κ1) is 21.1. The third-order valence-electron chi connectivity index (χ3n) is 3.37. The minimum absolute atomic E-state index is 0.0106. The van der Waals surface area contributed by atoms with Crippen molar-refractivity contribution in [3.8, 4) is 0 Å². The van der Waals surface area contributed by atoms with Gasteiger partial charge in [-0.25, -0.2) is 0 Å². The Hall–Kier alpha value is -2.25. The standard InChI is InChI=1S/C18H15Cl2F3N2O2/c1-12-10-14(6-7-16(12)25-26-9-8-17(19)20)24-27-11-13-4-2-3-5-15(13)18(21,22)23/h2-8,10H,9,11H2,1H3/b24-14+,25-16-. The van der Waals surface area contributed by atoms with E-state index in [1.807, 2.05) is 0 Å². The lowest BCUT2D eigenvalue weighted by molar-refractivity contribution is -0.138. The highest BCUT2D eigenvalue weighted by molar-refractivity contribution is 6.55. The monoisotopic (exact) mass is 418 g/mol. The van der Waals surface area contributed by atoms with Crippen molar-refractivity contribution in [3.63, 3.8) is 0 Å². The maximum Gasteiger partial charge on any atom is 0.416 e. The van der Waals surface area contributed by atoms with Gasteiger partial charge >= 0.3 is 6.18 Å². The van der Waals surface area contributed by atoms with Crippen LogP contribution in [0.3, 0.4) is 0 Å². The molecule has 1 aliphatic rings. The zero-order valence-corrected chi connectivity index (χ0v) is 15.6. The fraction of sp³-hybridized carbons (Fsp3) is 0.222. The van der Waals surface area contributed by atoms with Gasteiger partial charge in [0.25, 0.3) is 0 Å². The van der Waals surface area contributed by atoms with Crippen LogP contribution in [0.1, 0.15) is 18.1 Å². The highest BCUT2D eigenvalue weighted by Gasteiger charge is 2.32. The van der Waals surface area contributed by atoms with Gasteiger partial charge in [0.15, 0.2) is 0 Å². The van der Waals surface area contributed by atoms with Crippen LogP contribution in [0.2, 0.25) is 0 Å². The van der Waals surface area contributed by atoms with Gasteiger partial charge in [0.05, 0.1) is 5.56 Å². The van der Waals surface area contributed by atoms with Crippen molar-refractivity contribution < 1.29 is 22.8 Å². The summed E-state index contributed by atoms with van der Waals surface area (Å²) in [6.45, 7) is 1.61. The Balaban J connectivity index is 1.98. The molecule has 0 N–H and O–H groups in total. The lowest BCUT2D eigenvalue weighted by Crippen LogP contribution is -2.10. The number of alkyl halides is 3. The maximum atomic E-state index is 12.9. The van der Waals surface area contributed by atoms with Crippen molar-refractivity contribution in [2.24, 2.45) is 10.3 Å². The summed E-state index contributed by atoms with van der Waals surface area (Å²) < 4.78 is 38.9. The average molecular weight is 419 g/mol. The second-order valence-electron chi connectivity index (χ2n) is 5.37. The molecular weight excluding hydrogens is 404 g/mol. The summed E-state index contributed by atoms with van der Waals surface area (Å²) in [6, 6.07) is 5.20. The molecule has 0 unspecified atom stereocenters. The predicted molar refractivity (Wildman–Crippen MR) is 99.7 cm³/mol. The van der Waals surface area contributed by atoms with E-state index < -0.39 is 11.7 Å². The molecule has 27 heavy (non-hydrogen) atoms. The second kappa shape index (κ2) is 9.62. The van der Waals surface area contributed by atoms with Gasteiger partial charge in [0, 0.05) is 5.56 Å². The first-order chi connectivity index (χ1) is 12.8. The van der Waals surface area contributed by atoms with Crippen LogP contribution in [-0.2, 0) is 22.5 Å². The van der Waals surface area contributed by atoms with E-state index in [0.717, 1.165) is 11.6 Å². The summed E-state index contributed by atoms with van der Waals surface area (Å²) in [4.78, 5) is 10.1. The smallest absolute Gasteiger partial charge is 0.391 e. The first-order valence-corrected chi connectivity index (χ1v) is 8.46. The van der Waals surface area contributed by atoms with Gasteiger partial charge < -0.3 is 9.68 Å². The molecule has 0 bridgehead atoms. The molecule has 0 amide bonds.